The maximum atomic E-state index is 13.4. The molecule has 1 amide bonds. The Morgan fingerprint density at radius 1 is 1.20 bits per heavy atom. The molecule has 1 atom stereocenters. The number of halogens is 1. The summed E-state index contributed by atoms with van der Waals surface area (Å²) in [6.07, 6.45) is 1.71. The molecule has 4 heterocycles. The van der Waals surface area contributed by atoms with E-state index in [4.69, 9.17) is 4.74 Å². The van der Waals surface area contributed by atoms with E-state index in [0.29, 0.717) is 27.6 Å². The number of carbonyl (C=O) groups excluding carboxylic acids is 2. The third-order valence-electron chi connectivity index (χ3n) is 5.68. The lowest BCUT2D eigenvalue weighted by Gasteiger charge is -2.23. The number of aliphatic hydroxyl groups excluding tert-OH is 1. The number of hydrogen-bond acceptors (Lipinski definition) is 9. The van der Waals surface area contributed by atoms with E-state index in [0.717, 1.165) is 11.3 Å². The number of imidazole rings is 1. The number of amides is 1. The topological polar surface area (TPSA) is 130 Å². The van der Waals surface area contributed by atoms with Crippen LogP contribution in [0.1, 0.15) is 28.0 Å². The van der Waals surface area contributed by atoms with E-state index >= 15 is 0 Å². The average Bonchev–Trinajstić information content (AvgIpc) is 3.48. The number of ether oxygens (including phenoxy) is 1. The summed E-state index contributed by atoms with van der Waals surface area (Å²) in [6.45, 7) is 3.44. The van der Waals surface area contributed by atoms with Gasteiger partial charge in [-0.15, -0.1) is 10.2 Å². The van der Waals surface area contributed by atoms with Crippen molar-refractivity contribution in [3.05, 3.63) is 68.5 Å². The molecule has 0 radical (unpaired) electrons. The predicted octanol–water partition coefficient (Wildman–Crippen LogP) is 3.91. The van der Waals surface area contributed by atoms with Crippen molar-refractivity contribution in [1.82, 2.24) is 19.6 Å². The van der Waals surface area contributed by atoms with Gasteiger partial charge >= 0.3 is 5.91 Å². The summed E-state index contributed by atoms with van der Waals surface area (Å²) < 4.78 is 7.22. The summed E-state index contributed by atoms with van der Waals surface area (Å²) in [5.74, 6) is -2.13. The molecule has 0 aliphatic carbocycles. The second-order valence-corrected chi connectivity index (χ2v) is 9.82. The Kier molecular flexibility index (Phi) is 5.56. The van der Waals surface area contributed by atoms with Crippen LogP contribution in [0.25, 0.3) is 11.4 Å². The number of ketones is 1. The van der Waals surface area contributed by atoms with E-state index in [-0.39, 0.29) is 32.4 Å². The van der Waals surface area contributed by atoms with Crippen molar-refractivity contribution in [3.63, 3.8) is 0 Å². The van der Waals surface area contributed by atoms with Crippen molar-refractivity contribution in [3.8, 4) is 11.5 Å². The van der Waals surface area contributed by atoms with Gasteiger partial charge < -0.3 is 14.9 Å². The second kappa shape index (κ2) is 8.47. The van der Waals surface area contributed by atoms with Crippen molar-refractivity contribution < 1.29 is 24.5 Å². The summed E-state index contributed by atoms with van der Waals surface area (Å²) in [6, 6.07) is 7.35. The largest absolute Gasteiger partial charge is 0.505 e. The van der Waals surface area contributed by atoms with E-state index < -0.39 is 17.7 Å². The van der Waals surface area contributed by atoms with Crippen LogP contribution >= 0.6 is 27.3 Å². The molecule has 3 aromatic heterocycles. The summed E-state index contributed by atoms with van der Waals surface area (Å²) in [5, 5.41) is 30.7. The molecule has 10 nitrogen and oxygen atoms in total. The molecule has 178 valence electrons. The number of hydrogen-bond donors (Lipinski definition) is 2. The Morgan fingerprint density at radius 3 is 2.66 bits per heavy atom. The first-order chi connectivity index (χ1) is 16.7. The first kappa shape index (κ1) is 23.0. The number of nitrogens with zero attached hydrogens (tertiary/aromatic N) is 5. The number of carbonyl (C=O) groups is 2. The number of methoxy groups -OCH3 is 1. The number of pyridine rings is 1. The van der Waals surface area contributed by atoms with Crippen LogP contribution in [0.3, 0.4) is 0 Å². The van der Waals surface area contributed by atoms with Crippen LogP contribution < -0.4 is 9.64 Å². The van der Waals surface area contributed by atoms with E-state index in [9.17, 15) is 19.8 Å². The molecular formula is C23H18BrN5O5S. The number of aliphatic hydroxyl groups is 1. The molecule has 0 bridgehead atoms. The summed E-state index contributed by atoms with van der Waals surface area (Å²) in [4.78, 5) is 32.4. The number of benzene rings is 1. The monoisotopic (exact) mass is 555 g/mol. The Labute approximate surface area is 211 Å². The van der Waals surface area contributed by atoms with Crippen molar-refractivity contribution in [2.45, 2.75) is 19.9 Å². The van der Waals surface area contributed by atoms with Gasteiger partial charge in [-0.1, -0.05) is 17.4 Å². The fraction of sp³-hybridized carbons (Fsp3) is 0.174. The van der Waals surface area contributed by atoms with Crippen LogP contribution in [-0.4, -0.2) is 48.6 Å². The molecule has 35 heavy (non-hydrogen) atoms. The molecule has 1 unspecified atom stereocenters. The third-order valence-corrected chi connectivity index (χ3v) is 7.12. The molecule has 1 saturated heterocycles. The molecule has 4 aromatic rings. The number of Topliss-reactive ketones (excluding diaryl/α,β-unsaturated/α-hetero) is 1. The number of aromatic hydroxyl groups is 1. The van der Waals surface area contributed by atoms with Crippen LogP contribution in [0.2, 0.25) is 0 Å². The average molecular weight is 556 g/mol. The number of fused-ring (bicyclic) bond motifs is 1. The van der Waals surface area contributed by atoms with Gasteiger partial charge in [-0.3, -0.25) is 18.9 Å². The van der Waals surface area contributed by atoms with E-state index in [1.165, 1.54) is 18.1 Å². The van der Waals surface area contributed by atoms with Gasteiger partial charge in [0.25, 0.3) is 5.78 Å². The number of phenolic OH excluding ortho intramolecular Hbond substituents is 1. The molecule has 12 heteroatoms. The van der Waals surface area contributed by atoms with Crippen molar-refractivity contribution >= 4 is 55.5 Å². The SMILES string of the molecule is COc1cc(C2/C(=C(\O)c3c(C)nc4ccccn34)C(=O)C(=O)N2c2nnc(C)s2)cc(Br)c1O. The molecule has 5 rings (SSSR count). The lowest BCUT2D eigenvalue weighted by molar-refractivity contribution is -0.132. The highest BCUT2D eigenvalue weighted by molar-refractivity contribution is 9.10. The van der Waals surface area contributed by atoms with Crippen LogP contribution in [0.5, 0.6) is 11.5 Å². The standard InChI is InChI=1S/C23H18BrN5O5S/c1-10-17(28-7-5-4-6-15(28)25-10)20(31)16-18(12-8-13(24)19(30)14(9-12)34-3)29(22(33)21(16)32)23-27-26-11(2)35-23/h4-9,18,30-31H,1-3H3/b20-16+. The fourth-order valence-corrected chi connectivity index (χ4v) is 5.34. The number of rotatable bonds is 4. The van der Waals surface area contributed by atoms with Crippen molar-refractivity contribution in [1.29, 1.82) is 0 Å². The number of aromatic nitrogens is 4. The summed E-state index contributed by atoms with van der Waals surface area (Å²) in [7, 11) is 1.39. The molecule has 1 aliphatic heterocycles. The first-order valence-electron chi connectivity index (χ1n) is 10.3. The van der Waals surface area contributed by atoms with Crippen LogP contribution in [0, 0.1) is 13.8 Å². The Hall–Kier alpha value is -3.77. The van der Waals surface area contributed by atoms with Gasteiger partial charge in [0.1, 0.15) is 16.3 Å². The normalized spacial score (nSPS) is 17.5. The molecule has 0 spiro atoms. The fourth-order valence-electron chi connectivity index (χ4n) is 4.16. The minimum Gasteiger partial charge on any atom is -0.505 e. The molecule has 1 aliphatic rings. The Bertz CT molecular complexity index is 1560. The lowest BCUT2D eigenvalue weighted by atomic mass is 9.96. The second-order valence-electron chi connectivity index (χ2n) is 7.80. The van der Waals surface area contributed by atoms with Gasteiger partial charge in [0.2, 0.25) is 5.13 Å². The van der Waals surface area contributed by atoms with Crippen molar-refractivity contribution in [2.75, 3.05) is 12.0 Å². The van der Waals surface area contributed by atoms with Gasteiger partial charge in [0.05, 0.1) is 28.9 Å². The molecule has 1 fully saturated rings. The van der Waals surface area contributed by atoms with Gasteiger partial charge in [0.15, 0.2) is 17.3 Å². The smallest absolute Gasteiger partial charge is 0.301 e. The zero-order valence-electron chi connectivity index (χ0n) is 18.7. The lowest BCUT2D eigenvalue weighted by Crippen LogP contribution is -2.29. The van der Waals surface area contributed by atoms with Gasteiger partial charge in [-0.05, 0) is 59.6 Å². The molecular weight excluding hydrogens is 538 g/mol. The number of anilines is 1. The number of aryl methyl sites for hydroxylation is 2. The van der Waals surface area contributed by atoms with E-state index in [1.54, 1.807) is 42.6 Å². The van der Waals surface area contributed by atoms with Crippen LogP contribution in [-0.2, 0) is 9.59 Å². The van der Waals surface area contributed by atoms with Gasteiger partial charge in [-0.25, -0.2) is 4.98 Å². The quantitative estimate of drug-likeness (QED) is 0.220. The zero-order chi connectivity index (χ0) is 25.0. The highest BCUT2D eigenvalue weighted by atomic mass is 79.9. The minimum atomic E-state index is -1.07. The maximum Gasteiger partial charge on any atom is 0.301 e. The highest BCUT2D eigenvalue weighted by Gasteiger charge is 2.49. The minimum absolute atomic E-state index is 0.124. The summed E-state index contributed by atoms with van der Waals surface area (Å²) >= 11 is 4.44. The Morgan fingerprint density at radius 2 is 1.97 bits per heavy atom. The predicted molar refractivity (Wildman–Crippen MR) is 132 cm³/mol. The number of phenols is 1. The summed E-state index contributed by atoms with van der Waals surface area (Å²) in [5.41, 5.74) is 1.62. The molecule has 2 N–H and O–H groups in total. The van der Waals surface area contributed by atoms with E-state index in [1.807, 2.05) is 6.07 Å². The van der Waals surface area contributed by atoms with Gasteiger partial charge in [0, 0.05) is 6.20 Å². The third kappa shape index (κ3) is 3.56. The van der Waals surface area contributed by atoms with Gasteiger partial charge in [-0.2, -0.15) is 0 Å². The highest BCUT2D eigenvalue weighted by Crippen LogP contribution is 2.46. The van der Waals surface area contributed by atoms with Crippen molar-refractivity contribution in [2.24, 2.45) is 0 Å². The maximum absolute atomic E-state index is 13.4. The van der Waals surface area contributed by atoms with Crippen LogP contribution in [0.15, 0.2) is 46.6 Å². The molecule has 0 saturated carbocycles. The van der Waals surface area contributed by atoms with E-state index in [2.05, 4.69) is 31.1 Å². The Balaban J connectivity index is 1.82. The molecule has 1 aromatic carbocycles. The first-order valence-corrected chi connectivity index (χ1v) is 12.0. The van der Waals surface area contributed by atoms with Crippen LogP contribution in [0.4, 0.5) is 5.13 Å². The zero-order valence-corrected chi connectivity index (χ0v) is 21.1.